The van der Waals surface area contributed by atoms with Crippen molar-refractivity contribution in [1.82, 2.24) is 9.88 Å². The Kier molecular flexibility index (Phi) is 5.30. The van der Waals surface area contributed by atoms with Gasteiger partial charge in [-0.2, -0.15) is 0 Å². The van der Waals surface area contributed by atoms with Crippen molar-refractivity contribution in [2.24, 2.45) is 0 Å². The molecule has 1 saturated heterocycles. The van der Waals surface area contributed by atoms with Crippen LogP contribution in [0.25, 0.3) is 10.9 Å². The Morgan fingerprint density at radius 3 is 2.74 bits per heavy atom. The predicted molar refractivity (Wildman–Crippen MR) is 103 cm³/mol. The molecule has 1 aliphatic rings. The summed E-state index contributed by atoms with van der Waals surface area (Å²) in [5.41, 5.74) is 1.98. The standard InChI is InChI=1S/C22H22N2O3/c25-22(16-26-15-17-6-2-1-3-7-17)24-13-12-19(14-24)27-21-11-10-18-8-4-5-9-20(18)23-21/h1-11,19H,12-16H2. The molecule has 1 amide bonds. The molecular formula is C22H22N2O3. The van der Waals surface area contributed by atoms with E-state index in [1.807, 2.05) is 66.7 Å². The molecule has 0 aliphatic carbocycles. The average Bonchev–Trinajstić information content (AvgIpc) is 3.17. The lowest BCUT2D eigenvalue weighted by Crippen LogP contribution is -2.33. The molecule has 5 nitrogen and oxygen atoms in total. The number of pyridine rings is 1. The molecule has 0 bridgehead atoms. The van der Waals surface area contributed by atoms with Gasteiger partial charge in [-0.3, -0.25) is 4.79 Å². The Balaban J connectivity index is 1.27. The fourth-order valence-electron chi connectivity index (χ4n) is 3.26. The summed E-state index contributed by atoms with van der Waals surface area (Å²) < 4.78 is 11.5. The minimum atomic E-state index is -0.0308. The highest BCUT2D eigenvalue weighted by Gasteiger charge is 2.27. The second-order valence-electron chi connectivity index (χ2n) is 6.69. The first-order valence-corrected chi connectivity index (χ1v) is 9.20. The van der Waals surface area contributed by atoms with Crippen LogP contribution >= 0.6 is 0 Å². The summed E-state index contributed by atoms with van der Waals surface area (Å²) in [5.74, 6) is 0.608. The number of hydrogen-bond donors (Lipinski definition) is 0. The summed E-state index contributed by atoms with van der Waals surface area (Å²) >= 11 is 0. The molecule has 0 N–H and O–H groups in total. The van der Waals surface area contributed by atoms with Crippen molar-refractivity contribution >= 4 is 16.8 Å². The van der Waals surface area contributed by atoms with Gasteiger partial charge in [0.2, 0.25) is 11.8 Å². The maximum Gasteiger partial charge on any atom is 0.248 e. The average molecular weight is 362 g/mol. The van der Waals surface area contributed by atoms with Crippen LogP contribution in [0.1, 0.15) is 12.0 Å². The quantitative estimate of drug-likeness (QED) is 0.674. The Labute approximate surface area is 158 Å². The van der Waals surface area contributed by atoms with Crippen LogP contribution in [-0.2, 0) is 16.1 Å². The van der Waals surface area contributed by atoms with Crippen molar-refractivity contribution in [2.75, 3.05) is 19.7 Å². The maximum atomic E-state index is 12.3. The van der Waals surface area contributed by atoms with Crippen LogP contribution in [0, 0.1) is 0 Å². The lowest BCUT2D eigenvalue weighted by molar-refractivity contribution is -0.135. The summed E-state index contributed by atoms with van der Waals surface area (Å²) in [6.45, 7) is 1.80. The molecule has 0 radical (unpaired) electrons. The van der Waals surface area contributed by atoms with Gasteiger partial charge in [0.1, 0.15) is 12.7 Å². The van der Waals surface area contributed by atoms with Gasteiger partial charge in [-0.05, 0) is 17.7 Å². The Morgan fingerprint density at radius 2 is 1.85 bits per heavy atom. The van der Waals surface area contributed by atoms with E-state index >= 15 is 0 Å². The number of amides is 1. The monoisotopic (exact) mass is 362 g/mol. The van der Waals surface area contributed by atoms with E-state index in [4.69, 9.17) is 9.47 Å². The smallest absolute Gasteiger partial charge is 0.248 e. The molecule has 1 fully saturated rings. The fraction of sp³-hybridized carbons (Fsp3) is 0.273. The first-order valence-electron chi connectivity index (χ1n) is 9.20. The number of rotatable bonds is 6. The van der Waals surface area contributed by atoms with Crippen molar-refractivity contribution < 1.29 is 14.3 Å². The number of para-hydroxylation sites is 1. The van der Waals surface area contributed by atoms with Gasteiger partial charge in [0.15, 0.2) is 0 Å². The topological polar surface area (TPSA) is 51.7 Å². The van der Waals surface area contributed by atoms with Gasteiger partial charge < -0.3 is 14.4 Å². The van der Waals surface area contributed by atoms with E-state index < -0.39 is 0 Å². The number of nitrogens with zero attached hydrogens (tertiary/aromatic N) is 2. The lowest BCUT2D eigenvalue weighted by atomic mass is 10.2. The summed E-state index contributed by atoms with van der Waals surface area (Å²) in [5, 5.41) is 1.09. The summed E-state index contributed by atoms with van der Waals surface area (Å²) in [6.07, 6.45) is 0.774. The molecule has 2 aromatic carbocycles. The number of carbonyl (C=O) groups is 1. The zero-order valence-corrected chi connectivity index (χ0v) is 15.1. The SMILES string of the molecule is O=C(COCc1ccccc1)N1CCC(Oc2ccc3ccccc3n2)C1. The number of likely N-dealkylation sites (tertiary alicyclic amines) is 1. The van der Waals surface area contributed by atoms with Gasteiger partial charge >= 0.3 is 0 Å². The zero-order valence-electron chi connectivity index (χ0n) is 15.1. The van der Waals surface area contributed by atoms with Crippen LogP contribution in [-0.4, -0.2) is 41.6 Å². The number of fused-ring (bicyclic) bond motifs is 1. The number of ether oxygens (including phenoxy) is 2. The van der Waals surface area contributed by atoms with Gasteiger partial charge in [-0.25, -0.2) is 4.98 Å². The highest BCUT2D eigenvalue weighted by molar-refractivity contribution is 5.79. The molecule has 1 aliphatic heterocycles. The Bertz CT molecular complexity index is 914. The molecule has 0 spiro atoms. The van der Waals surface area contributed by atoms with Crippen LogP contribution in [0.5, 0.6) is 5.88 Å². The van der Waals surface area contributed by atoms with Crippen LogP contribution in [0.4, 0.5) is 0 Å². The first-order chi connectivity index (χ1) is 13.3. The number of aromatic nitrogens is 1. The van der Waals surface area contributed by atoms with E-state index in [2.05, 4.69) is 4.98 Å². The van der Waals surface area contributed by atoms with E-state index in [1.54, 1.807) is 4.90 Å². The second kappa shape index (κ2) is 8.18. The number of hydrogen-bond acceptors (Lipinski definition) is 4. The molecule has 0 saturated carbocycles. The third-order valence-electron chi connectivity index (χ3n) is 4.70. The normalized spacial score (nSPS) is 16.6. The van der Waals surface area contributed by atoms with Gasteiger partial charge in [-0.15, -0.1) is 0 Å². The van der Waals surface area contributed by atoms with Crippen molar-refractivity contribution in [3.05, 3.63) is 72.3 Å². The highest BCUT2D eigenvalue weighted by atomic mass is 16.5. The summed E-state index contributed by atoms with van der Waals surface area (Å²) in [6, 6.07) is 21.7. The second-order valence-corrected chi connectivity index (χ2v) is 6.69. The maximum absolute atomic E-state index is 12.3. The fourth-order valence-corrected chi connectivity index (χ4v) is 3.26. The Hall–Kier alpha value is -2.92. The van der Waals surface area contributed by atoms with E-state index in [0.29, 0.717) is 25.6 Å². The largest absolute Gasteiger partial charge is 0.472 e. The van der Waals surface area contributed by atoms with E-state index in [1.165, 1.54) is 0 Å². The van der Waals surface area contributed by atoms with Crippen LogP contribution in [0.2, 0.25) is 0 Å². The van der Waals surface area contributed by atoms with Crippen molar-refractivity contribution in [2.45, 2.75) is 19.1 Å². The minimum absolute atomic E-state index is 0.00324. The van der Waals surface area contributed by atoms with E-state index in [-0.39, 0.29) is 18.6 Å². The van der Waals surface area contributed by atoms with Crippen LogP contribution in [0.15, 0.2) is 66.7 Å². The van der Waals surface area contributed by atoms with Crippen LogP contribution in [0.3, 0.4) is 0 Å². The lowest BCUT2D eigenvalue weighted by Gasteiger charge is -2.17. The van der Waals surface area contributed by atoms with Gasteiger partial charge in [0.05, 0.1) is 18.7 Å². The molecule has 2 heterocycles. The molecule has 4 rings (SSSR count). The molecule has 3 aromatic rings. The van der Waals surface area contributed by atoms with Crippen molar-refractivity contribution in [1.29, 1.82) is 0 Å². The molecule has 1 unspecified atom stereocenters. The third kappa shape index (κ3) is 4.44. The molecular weight excluding hydrogens is 340 g/mol. The van der Waals surface area contributed by atoms with Crippen molar-refractivity contribution in [3.8, 4) is 5.88 Å². The van der Waals surface area contributed by atoms with Gasteiger partial charge in [0, 0.05) is 24.4 Å². The van der Waals surface area contributed by atoms with Gasteiger partial charge in [0.25, 0.3) is 0 Å². The molecule has 27 heavy (non-hydrogen) atoms. The molecule has 1 atom stereocenters. The van der Waals surface area contributed by atoms with E-state index in [0.717, 1.165) is 22.9 Å². The summed E-state index contributed by atoms with van der Waals surface area (Å²) in [4.78, 5) is 18.7. The zero-order chi connectivity index (χ0) is 18.5. The molecule has 5 heteroatoms. The predicted octanol–water partition coefficient (Wildman–Crippen LogP) is 3.43. The molecule has 138 valence electrons. The minimum Gasteiger partial charge on any atom is -0.472 e. The summed E-state index contributed by atoms with van der Waals surface area (Å²) in [7, 11) is 0. The number of benzene rings is 2. The van der Waals surface area contributed by atoms with Crippen LogP contribution < -0.4 is 4.74 Å². The molecule has 1 aromatic heterocycles. The number of carbonyl (C=O) groups excluding carboxylic acids is 1. The van der Waals surface area contributed by atoms with E-state index in [9.17, 15) is 4.79 Å². The highest BCUT2D eigenvalue weighted by Crippen LogP contribution is 2.20. The van der Waals surface area contributed by atoms with Crippen molar-refractivity contribution in [3.63, 3.8) is 0 Å². The third-order valence-corrected chi connectivity index (χ3v) is 4.70. The van der Waals surface area contributed by atoms with Gasteiger partial charge in [-0.1, -0.05) is 48.5 Å². The first kappa shape index (κ1) is 17.5. The Morgan fingerprint density at radius 1 is 1.04 bits per heavy atom.